The summed E-state index contributed by atoms with van der Waals surface area (Å²) in [7, 11) is 1.63. The lowest BCUT2D eigenvalue weighted by Gasteiger charge is -2.36. The smallest absolute Gasteiger partial charge is 0.325 e. The first-order valence-corrected chi connectivity index (χ1v) is 12.5. The molecule has 1 aliphatic carbocycles. The fraction of sp³-hybridized carbons (Fsp3) is 0.393. The van der Waals surface area contributed by atoms with Gasteiger partial charge in [0.1, 0.15) is 17.8 Å². The van der Waals surface area contributed by atoms with Crippen LogP contribution in [0.5, 0.6) is 5.75 Å². The van der Waals surface area contributed by atoms with Gasteiger partial charge in [0.15, 0.2) is 0 Å². The highest BCUT2D eigenvalue weighted by Crippen LogP contribution is 2.38. The van der Waals surface area contributed by atoms with Crippen molar-refractivity contribution in [2.45, 2.75) is 44.1 Å². The van der Waals surface area contributed by atoms with Gasteiger partial charge in [-0.05, 0) is 48.1 Å². The standard InChI is InChI=1S/C28H32N4O4/c1-18-7-5-6-14-28(18)26(34)32(27(35)31-28)17-25(33)30-15-22(19-10-12-20(36-2)13-11-19)23-16-29-24-9-4-3-8-21(23)24/h3-4,8-13,16,18,22,29H,5-7,14-15,17H2,1-2H3,(H,30,33)(H,31,35)/t18-,22+,28-/m1/s1. The minimum atomic E-state index is -0.870. The number of carbonyl (C=O) groups excluding carboxylic acids is 3. The van der Waals surface area contributed by atoms with E-state index in [-0.39, 0.29) is 30.2 Å². The van der Waals surface area contributed by atoms with Crippen molar-refractivity contribution in [3.63, 3.8) is 0 Å². The molecule has 0 unspecified atom stereocenters. The molecule has 1 aliphatic heterocycles. The average Bonchev–Trinajstić information content (AvgIpc) is 3.42. The molecule has 2 fully saturated rings. The third-order valence-corrected chi connectivity index (χ3v) is 7.82. The lowest BCUT2D eigenvalue weighted by atomic mass is 9.73. The van der Waals surface area contributed by atoms with Gasteiger partial charge in [0.05, 0.1) is 7.11 Å². The molecular weight excluding hydrogens is 456 g/mol. The van der Waals surface area contributed by atoms with E-state index >= 15 is 0 Å². The van der Waals surface area contributed by atoms with Crippen molar-refractivity contribution >= 4 is 28.7 Å². The predicted octanol–water partition coefficient (Wildman–Crippen LogP) is 3.93. The number of imide groups is 1. The van der Waals surface area contributed by atoms with Crippen LogP contribution >= 0.6 is 0 Å². The Morgan fingerprint density at radius 1 is 1.17 bits per heavy atom. The first kappa shape index (κ1) is 23.9. The van der Waals surface area contributed by atoms with Crippen molar-refractivity contribution in [3.05, 3.63) is 65.9 Å². The molecule has 2 aliphatic rings. The molecule has 0 radical (unpaired) electrons. The molecule has 1 saturated carbocycles. The molecule has 1 aromatic heterocycles. The van der Waals surface area contributed by atoms with E-state index < -0.39 is 11.6 Å². The number of aromatic amines is 1. The summed E-state index contributed by atoms with van der Waals surface area (Å²) in [5.41, 5.74) is 2.22. The van der Waals surface area contributed by atoms with E-state index in [1.54, 1.807) is 7.11 Å². The summed E-state index contributed by atoms with van der Waals surface area (Å²) >= 11 is 0. The van der Waals surface area contributed by atoms with E-state index in [2.05, 4.69) is 21.7 Å². The molecule has 2 heterocycles. The molecule has 36 heavy (non-hydrogen) atoms. The Morgan fingerprint density at radius 2 is 1.94 bits per heavy atom. The number of carbonyl (C=O) groups is 3. The molecule has 188 valence electrons. The molecule has 8 nitrogen and oxygen atoms in total. The van der Waals surface area contributed by atoms with Crippen LogP contribution in [0.1, 0.15) is 49.7 Å². The van der Waals surface area contributed by atoms with Gasteiger partial charge in [0, 0.05) is 29.6 Å². The maximum atomic E-state index is 13.2. The Balaban J connectivity index is 1.33. The number of amides is 4. The van der Waals surface area contributed by atoms with E-state index in [0.29, 0.717) is 13.0 Å². The van der Waals surface area contributed by atoms with E-state index in [1.165, 1.54) is 0 Å². The van der Waals surface area contributed by atoms with E-state index in [1.807, 2.05) is 55.6 Å². The molecule has 2 aromatic carbocycles. The van der Waals surface area contributed by atoms with Crippen molar-refractivity contribution in [3.8, 4) is 5.75 Å². The van der Waals surface area contributed by atoms with Crippen LogP contribution in [-0.2, 0) is 9.59 Å². The SMILES string of the molecule is COc1ccc([C@H](CNC(=O)CN2C(=O)N[C@@]3(CCCC[C@H]3C)C2=O)c2c[nH]c3ccccc23)cc1. The molecule has 8 heteroatoms. The topological polar surface area (TPSA) is 104 Å². The normalized spacial score (nSPS) is 22.6. The molecule has 1 saturated heterocycles. The van der Waals surface area contributed by atoms with Crippen LogP contribution in [0.2, 0.25) is 0 Å². The summed E-state index contributed by atoms with van der Waals surface area (Å²) < 4.78 is 5.31. The fourth-order valence-electron chi connectivity index (χ4n) is 5.68. The largest absolute Gasteiger partial charge is 0.497 e. The number of hydrogen-bond donors (Lipinski definition) is 3. The van der Waals surface area contributed by atoms with Crippen molar-refractivity contribution in [2.75, 3.05) is 20.2 Å². The summed E-state index contributed by atoms with van der Waals surface area (Å²) in [6.07, 6.45) is 5.42. The van der Waals surface area contributed by atoms with Crippen LogP contribution in [0, 0.1) is 5.92 Å². The quantitative estimate of drug-likeness (QED) is 0.439. The van der Waals surface area contributed by atoms with Gasteiger partial charge in [-0.25, -0.2) is 4.79 Å². The number of urea groups is 1. The zero-order valence-corrected chi connectivity index (χ0v) is 20.7. The molecule has 0 bridgehead atoms. The number of methoxy groups -OCH3 is 1. The van der Waals surface area contributed by atoms with Gasteiger partial charge in [-0.15, -0.1) is 0 Å². The first-order chi connectivity index (χ1) is 17.4. The van der Waals surface area contributed by atoms with Crippen molar-refractivity contribution in [2.24, 2.45) is 5.92 Å². The Labute approximate surface area is 210 Å². The van der Waals surface area contributed by atoms with E-state index in [4.69, 9.17) is 4.74 Å². The molecule has 4 amide bonds. The van der Waals surface area contributed by atoms with Crippen LogP contribution in [0.15, 0.2) is 54.7 Å². The summed E-state index contributed by atoms with van der Waals surface area (Å²) in [4.78, 5) is 43.3. The minimum Gasteiger partial charge on any atom is -0.497 e. The van der Waals surface area contributed by atoms with Crippen molar-refractivity contribution in [1.82, 2.24) is 20.5 Å². The highest BCUT2D eigenvalue weighted by Gasteiger charge is 2.55. The number of nitrogens with one attached hydrogen (secondary N) is 3. The zero-order chi connectivity index (χ0) is 25.3. The number of nitrogens with zero attached hydrogens (tertiary/aromatic N) is 1. The number of ether oxygens (including phenoxy) is 1. The lowest BCUT2D eigenvalue weighted by Crippen LogP contribution is -2.54. The molecule has 5 rings (SSSR count). The number of aromatic nitrogens is 1. The number of rotatable bonds is 7. The van der Waals surface area contributed by atoms with Crippen molar-refractivity contribution < 1.29 is 19.1 Å². The van der Waals surface area contributed by atoms with Gasteiger partial charge >= 0.3 is 6.03 Å². The Bertz CT molecular complexity index is 1280. The second-order valence-electron chi connectivity index (χ2n) is 9.86. The zero-order valence-electron chi connectivity index (χ0n) is 20.7. The maximum Gasteiger partial charge on any atom is 0.325 e. The average molecular weight is 489 g/mol. The summed E-state index contributed by atoms with van der Waals surface area (Å²) in [6.45, 7) is 2.03. The van der Waals surface area contributed by atoms with Crippen molar-refractivity contribution in [1.29, 1.82) is 0 Å². The molecule has 3 atom stereocenters. The van der Waals surface area contributed by atoms with Gasteiger partial charge in [-0.1, -0.05) is 50.1 Å². The molecule has 1 spiro atoms. The number of H-pyrrole nitrogens is 1. The van der Waals surface area contributed by atoms with E-state index in [9.17, 15) is 14.4 Å². The fourth-order valence-corrected chi connectivity index (χ4v) is 5.68. The van der Waals surface area contributed by atoms with Crippen LogP contribution < -0.4 is 15.4 Å². The summed E-state index contributed by atoms with van der Waals surface area (Å²) in [5, 5.41) is 6.96. The first-order valence-electron chi connectivity index (χ1n) is 12.5. The lowest BCUT2D eigenvalue weighted by molar-refractivity contribution is -0.137. The molecule has 3 N–H and O–H groups in total. The second kappa shape index (κ2) is 9.68. The van der Waals surface area contributed by atoms with Crippen LogP contribution in [-0.4, -0.2) is 53.5 Å². The summed E-state index contributed by atoms with van der Waals surface area (Å²) in [6, 6.07) is 15.3. The highest BCUT2D eigenvalue weighted by atomic mass is 16.5. The predicted molar refractivity (Wildman–Crippen MR) is 137 cm³/mol. The Hall–Kier alpha value is -3.81. The van der Waals surface area contributed by atoms with E-state index in [0.717, 1.165) is 51.9 Å². The van der Waals surface area contributed by atoms with Crippen LogP contribution in [0.3, 0.4) is 0 Å². The number of para-hydroxylation sites is 1. The monoisotopic (exact) mass is 488 g/mol. The molecular formula is C28H32N4O4. The number of hydrogen-bond acceptors (Lipinski definition) is 4. The van der Waals surface area contributed by atoms with Crippen LogP contribution in [0.25, 0.3) is 10.9 Å². The molecule has 3 aromatic rings. The third-order valence-electron chi connectivity index (χ3n) is 7.82. The van der Waals surface area contributed by atoms with Gasteiger partial charge in [0.2, 0.25) is 5.91 Å². The van der Waals surface area contributed by atoms with Crippen LogP contribution in [0.4, 0.5) is 4.79 Å². The number of fused-ring (bicyclic) bond motifs is 1. The van der Waals surface area contributed by atoms with Gasteiger partial charge in [-0.2, -0.15) is 0 Å². The van der Waals surface area contributed by atoms with Gasteiger partial charge < -0.3 is 20.4 Å². The Morgan fingerprint density at radius 3 is 2.69 bits per heavy atom. The third kappa shape index (κ3) is 4.21. The Kier molecular flexibility index (Phi) is 6.43. The second-order valence-corrected chi connectivity index (χ2v) is 9.86. The van der Waals surface area contributed by atoms with Gasteiger partial charge in [-0.3, -0.25) is 14.5 Å². The maximum absolute atomic E-state index is 13.2. The summed E-state index contributed by atoms with van der Waals surface area (Å²) in [5.74, 6) is 0.0290. The highest BCUT2D eigenvalue weighted by molar-refractivity contribution is 6.09. The minimum absolute atomic E-state index is 0.0529. The van der Waals surface area contributed by atoms with Gasteiger partial charge in [0.25, 0.3) is 5.91 Å². The number of benzene rings is 2.